The summed E-state index contributed by atoms with van der Waals surface area (Å²) in [7, 11) is -0.952. The molecule has 0 saturated carbocycles. The van der Waals surface area contributed by atoms with Crippen LogP contribution in [-0.2, 0) is 16.6 Å². The Labute approximate surface area is 150 Å². The van der Waals surface area contributed by atoms with Crippen molar-refractivity contribution < 1.29 is 13.2 Å². The van der Waals surface area contributed by atoms with Crippen molar-refractivity contribution in [2.24, 2.45) is 0 Å². The molecule has 2 aromatic rings. The molecule has 0 unspecified atom stereocenters. The average Bonchev–Trinajstić information content (AvgIpc) is 2.51. The van der Waals surface area contributed by atoms with Crippen LogP contribution in [0, 0.1) is 0 Å². The van der Waals surface area contributed by atoms with Gasteiger partial charge in [0.15, 0.2) is 0 Å². The highest BCUT2D eigenvalue weighted by molar-refractivity contribution is 7.89. The summed E-state index contributed by atoms with van der Waals surface area (Å²) in [5.74, 6) is 0.310. The number of hydrogen-bond donors (Lipinski definition) is 0. The van der Waals surface area contributed by atoms with Gasteiger partial charge in [0.05, 0.1) is 12.1 Å². The lowest BCUT2D eigenvalue weighted by Crippen LogP contribution is -2.27. The smallest absolute Gasteiger partial charge is 0.244 e. The molecule has 0 heterocycles. The molecule has 2 aromatic carbocycles. The van der Waals surface area contributed by atoms with E-state index in [4.69, 9.17) is 39.5 Å². The van der Waals surface area contributed by atoms with Crippen molar-refractivity contribution >= 4 is 44.8 Å². The van der Waals surface area contributed by atoms with Crippen molar-refractivity contribution in [2.75, 3.05) is 14.2 Å². The van der Waals surface area contributed by atoms with Crippen LogP contribution in [0.25, 0.3) is 0 Å². The maximum atomic E-state index is 12.7. The van der Waals surface area contributed by atoms with E-state index in [1.807, 2.05) is 0 Å². The maximum Gasteiger partial charge on any atom is 0.244 e. The Balaban J connectivity index is 2.39. The highest BCUT2D eigenvalue weighted by Gasteiger charge is 2.26. The van der Waals surface area contributed by atoms with Gasteiger partial charge in [0, 0.05) is 18.6 Å². The number of sulfonamides is 1. The Morgan fingerprint density at radius 1 is 1.04 bits per heavy atom. The summed E-state index contributed by atoms with van der Waals surface area (Å²) in [6.45, 7) is 0.113. The Hall–Kier alpha value is -0.980. The van der Waals surface area contributed by atoms with Gasteiger partial charge in [-0.15, -0.1) is 0 Å². The lowest BCUT2D eigenvalue weighted by molar-refractivity contribution is 0.414. The Morgan fingerprint density at radius 2 is 1.70 bits per heavy atom. The second-order valence-electron chi connectivity index (χ2n) is 4.75. The first-order valence-corrected chi connectivity index (χ1v) is 9.08. The molecule has 0 N–H and O–H groups in total. The number of methoxy groups -OCH3 is 1. The number of nitrogens with zero attached hydrogens (tertiary/aromatic N) is 1. The normalized spacial score (nSPS) is 11.7. The van der Waals surface area contributed by atoms with Crippen LogP contribution in [0.15, 0.2) is 41.3 Å². The number of benzene rings is 2. The van der Waals surface area contributed by atoms with E-state index in [9.17, 15) is 8.42 Å². The Morgan fingerprint density at radius 3 is 2.30 bits per heavy atom. The van der Waals surface area contributed by atoms with Crippen molar-refractivity contribution in [3.63, 3.8) is 0 Å². The Bertz CT molecular complexity index is 825. The molecular weight excluding hydrogens is 381 g/mol. The fraction of sp³-hybridized carbons (Fsp3) is 0.200. The zero-order chi connectivity index (χ0) is 17.2. The largest absolute Gasteiger partial charge is 0.495 e. The molecule has 0 saturated heterocycles. The van der Waals surface area contributed by atoms with Crippen LogP contribution in [0.1, 0.15) is 5.56 Å². The SMILES string of the molecule is COc1ccc(S(=O)(=O)N(C)Cc2ccccc2Cl)c(Cl)c1Cl. The molecule has 0 amide bonds. The third-order valence-electron chi connectivity index (χ3n) is 3.27. The molecule has 2 rings (SSSR count). The first-order chi connectivity index (χ1) is 10.8. The zero-order valence-electron chi connectivity index (χ0n) is 12.4. The van der Waals surface area contributed by atoms with Gasteiger partial charge in [-0.3, -0.25) is 0 Å². The molecule has 0 bridgehead atoms. The van der Waals surface area contributed by atoms with Crippen LogP contribution in [0.3, 0.4) is 0 Å². The number of ether oxygens (including phenoxy) is 1. The molecule has 0 fully saturated rings. The summed E-state index contributed by atoms with van der Waals surface area (Å²) in [4.78, 5) is -0.0838. The van der Waals surface area contributed by atoms with E-state index in [-0.39, 0.29) is 21.5 Å². The van der Waals surface area contributed by atoms with Gasteiger partial charge in [-0.2, -0.15) is 4.31 Å². The summed E-state index contributed by atoms with van der Waals surface area (Å²) >= 11 is 18.2. The van der Waals surface area contributed by atoms with Gasteiger partial charge in [-0.05, 0) is 23.8 Å². The van der Waals surface area contributed by atoms with Crippen LogP contribution >= 0.6 is 34.8 Å². The van der Waals surface area contributed by atoms with Gasteiger partial charge >= 0.3 is 0 Å². The number of halogens is 3. The molecule has 124 valence electrons. The molecule has 0 aromatic heterocycles. The van der Waals surface area contributed by atoms with E-state index in [1.54, 1.807) is 24.3 Å². The van der Waals surface area contributed by atoms with E-state index in [0.717, 1.165) is 4.31 Å². The number of hydrogen-bond acceptors (Lipinski definition) is 3. The van der Waals surface area contributed by atoms with Crippen LogP contribution in [0.4, 0.5) is 0 Å². The van der Waals surface area contributed by atoms with Crippen molar-refractivity contribution in [1.82, 2.24) is 4.31 Å². The third-order valence-corrected chi connectivity index (χ3v) is 6.46. The minimum atomic E-state index is -3.83. The molecule has 0 radical (unpaired) electrons. The van der Waals surface area contributed by atoms with Crippen molar-refractivity contribution in [3.8, 4) is 5.75 Å². The average molecular weight is 395 g/mol. The zero-order valence-corrected chi connectivity index (χ0v) is 15.5. The quantitative estimate of drug-likeness (QED) is 0.751. The molecule has 0 atom stereocenters. The minimum absolute atomic E-state index is 0.0568. The van der Waals surface area contributed by atoms with Gasteiger partial charge in [-0.25, -0.2) is 8.42 Å². The predicted molar refractivity (Wildman–Crippen MR) is 93.1 cm³/mol. The van der Waals surface area contributed by atoms with Crippen LogP contribution in [-0.4, -0.2) is 26.9 Å². The van der Waals surface area contributed by atoms with Crippen molar-refractivity contribution in [1.29, 1.82) is 0 Å². The molecule has 4 nitrogen and oxygen atoms in total. The lowest BCUT2D eigenvalue weighted by atomic mass is 10.2. The summed E-state index contributed by atoms with van der Waals surface area (Å²) in [5, 5.41) is 0.479. The topological polar surface area (TPSA) is 46.6 Å². The molecule has 0 aliphatic carbocycles. The molecule has 0 aliphatic heterocycles. The third kappa shape index (κ3) is 3.75. The van der Waals surface area contributed by atoms with E-state index in [2.05, 4.69) is 0 Å². The molecule has 0 aliphatic rings. The van der Waals surface area contributed by atoms with Gasteiger partial charge < -0.3 is 4.74 Å². The van der Waals surface area contributed by atoms with Gasteiger partial charge in [0.25, 0.3) is 0 Å². The van der Waals surface area contributed by atoms with Crippen molar-refractivity contribution in [3.05, 3.63) is 57.0 Å². The van der Waals surface area contributed by atoms with E-state index >= 15 is 0 Å². The van der Waals surface area contributed by atoms with Crippen molar-refractivity contribution in [2.45, 2.75) is 11.4 Å². The van der Waals surface area contributed by atoms with E-state index in [1.165, 1.54) is 26.3 Å². The van der Waals surface area contributed by atoms with Crippen LogP contribution in [0.2, 0.25) is 15.1 Å². The van der Waals surface area contributed by atoms with Gasteiger partial charge in [-0.1, -0.05) is 53.0 Å². The second-order valence-corrected chi connectivity index (χ2v) is 7.92. The predicted octanol–water partition coefficient (Wildman–Crippen LogP) is 4.48. The summed E-state index contributed by atoms with van der Waals surface area (Å²) < 4.78 is 31.6. The fourth-order valence-corrected chi connectivity index (χ4v) is 4.15. The van der Waals surface area contributed by atoms with Crippen LogP contribution < -0.4 is 4.74 Å². The monoisotopic (exact) mass is 393 g/mol. The highest BCUT2D eigenvalue weighted by Crippen LogP contribution is 2.37. The van der Waals surface area contributed by atoms with Gasteiger partial charge in [0.1, 0.15) is 15.7 Å². The Kier molecular flexibility index (Phi) is 5.81. The first kappa shape index (κ1) is 18.4. The van der Waals surface area contributed by atoms with Crippen LogP contribution in [0.5, 0.6) is 5.75 Å². The first-order valence-electron chi connectivity index (χ1n) is 6.50. The fourth-order valence-electron chi connectivity index (χ4n) is 1.99. The lowest BCUT2D eigenvalue weighted by Gasteiger charge is -2.19. The number of rotatable bonds is 5. The highest BCUT2D eigenvalue weighted by atomic mass is 35.5. The molecule has 0 spiro atoms. The van der Waals surface area contributed by atoms with E-state index in [0.29, 0.717) is 16.3 Å². The summed E-state index contributed by atoms with van der Waals surface area (Å²) in [5.41, 5.74) is 0.691. The maximum absolute atomic E-state index is 12.7. The van der Waals surface area contributed by atoms with Gasteiger partial charge in [0.2, 0.25) is 10.0 Å². The molecule has 23 heavy (non-hydrogen) atoms. The second kappa shape index (κ2) is 7.28. The molecular formula is C15H14Cl3NO3S. The minimum Gasteiger partial charge on any atom is -0.495 e. The standard InChI is InChI=1S/C15H14Cl3NO3S/c1-19(9-10-5-3-4-6-11(10)16)23(20,21)13-8-7-12(22-2)14(17)15(13)18/h3-8H,9H2,1-2H3. The summed E-state index contributed by atoms with van der Waals surface area (Å²) in [6.07, 6.45) is 0. The molecule has 8 heteroatoms. The summed E-state index contributed by atoms with van der Waals surface area (Å²) in [6, 6.07) is 9.86. The van der Waals surface area contributed by atoms with E-state index < -0.39 is 10.0 Å².